The highest BCUT2D eigenvalue weighted by molar-refractivity contribution is 5.47. The summed E-state index contributed by atoms with van der Waals surface area (Å²) in [6, 6.07) is 2.52. The molecule has 0 aliphatic carbocycles. The van der Waals surface area contributed by atoms with E-state index in [1.165, 1.54) is 12.1 Å². The van der Waals surface area contributed by atoms with Gasteiger partial charge in [0, 0.05) is 11.6 Å². The first kappa shape index (κ1) is 12.8. The van der Waals surface area contributed by atoms with Crippen LogP contribution in [0.25, 0.3) is 0 Å². The summed E-state index contributed by atoms with van der Waals surface area (Å²) in [5.74, 6) is 0.309. The summed E-state index contributed by atoms with van der Waals surface area (Å²) in [6.07, 6.45) is -0.0763. The van der Waals surface area contributed by atoms with Crippen molar-refractivity contribution in [1.82, 2.24) is 0 Å². The number of benzene rings is 1. The molecule has 3 nitrogen and oxygen atoms in total. The van der Waals surface area contributed by atoms with Crippen molar-refractivity contribution in [3.05, 3.63) is 23.5 Å². The van der Waals surface area contributed by atoms with Crippen LogP contribution in [0.4, 0.5) is 4.39 Å². The Balaban J connectivity index is 3.15. The van der Waals surface area contributed by atoms with E-state index in [1.54, 1.807) is 0 Å². The van der Waals surface area contributed by atoms with E-state index in [2.05, 4.69) is 0 Å². The van der Waals surface area contributed by atoms with Crippen molar-refractivity contribution in [3.63, 3.8) is 0 Å². The van der Waals surface area contributed by atoms with E-state index < -0.39 is 5.82 Å². The predicted octanol–water partition coefficient (Wildman–Crippen LogP) is 2.50. The van der Waals surface area contributed by atoms with Crippen molar-refractivity contribution >= 4 is 0 Å². The van der Waals surface area contributed by atoms with E-state index in [0.717, 1.165) is 0 Å². The van der Waals surface area contributed by atoms with Gasteiger partial charge in [-0.3, -0.25) is 0 Å². The quantitative estimate of drug-likeness (QED) is 0.841. The largest absolute Gasteiger partial charge is 0.490 e. The first-order chi connectivity index (χ1) is 7.58. The van der Waals surface area contributed by atoms with Crippen LogP contribution in [0, 0.1) is 5.82 Å². The lowest BCUT2D eigenvalue weighted by molar-refractivity contribution is 0.215. The van der Waals surface area contributed by atoms with Crippen molar-refractivity contribution in [2.75, 3.05) is 6.61 Å². The molecule has 16 heavy (non-hydrogen) atoms. The average Bonchev–Trinajstić information content (AvgIpc) is 2.20. The molecule has 1 aromatic rings. The highest BCUT2D eigenvalue weighted by atomic mass is 19.1. The third kappa shape index (κ3) is 3.10. The normalized spacial score (nSPS) is 10.6. The van der Waals surface area contributed by atoms with Gasteiger partial charge in [-0.1, -0.05) is 0 Å². The van der Waals surface area contributed by atoms with E-state index in [0.29, 0.717) is 23.7 Å². The van der Waals surface area contributed by atoms with Crippen LogP contribution in [0.2, 0.25) is 0 Å². The minimum Gasteiger partial charge on any atom is -0.490 e. The number of rotatable bonds is 5. The van der Waals surface area contributed by atoms with Crippen molar-refractivity contribution in [2.24, 2.45) is 0 Å². The van der Waals surface area contributed by atoms with Crippen LogP contribution in [-0.2, 0) is 6.61 Å². The topological polar surface area (TPSA) is 38.7 Å². The number of halogens is 1. The molecule has 0 aliphatic heterocycles. The molecular weight excluding hydrogens is 211 g/mol. The summed E-state index contributed by atoms with van der Waals surface area (Å²) in [5.41, 5.74) is 0.400. The molecule has 1 rings (SSSR count). The van der Waals surface area contributed by atoms with E-state index in [4.69, 9.17) is 14.6 Å². The van der Waals surface area contributed by atoms with Crippen molar-refractivity contribution in [1.29, 1.82) is 0 Å². The van der Waals surface area contributed by atoms with Gasteiger partial charge in [0.25, 0.3) is 0 Å². The van der Waals surface area contributed by atoms with Gasteiger partial charge in [-0.15, -0.1) is 0 Å². The van der Waals surface area contributed by atoms with Crippen molar-refractivity contribution in [3.8, 4) is 11.5 Å². The van der Waals surface area contributed by atoms with Gasteiger partial charge in [0.05, 0.1) is 19.3 Å². The van der Waals surface area contributed by atoms with E-state index in [9.17, 15) is 4.39 Å². The van der Waals surface area contributed by atoms with Crippen LogP contribution >= 0.6 is 0 Å². The monoisotopic (exact) mass is 228 g/mol. The Labute approximate surface area is 94.8 Å². The molecule has 0 radical (unpaired) electrons. The molecule has 0 amide bonds. The van der Waals surface area contributed by atoms with Gasteiger partial charge in [0.2, 0.25) is 0 Å². The molecule has 0 aliphatic rings. The van der Waals surface area contributed by atoms with E-state index >= 15 is 0 Å². The third-order valence-electron chi connectivity index (χ3n) is 1.92. The lowest BCUT2D eigenvalue weighted by atomic mass is 10.2. The molecule has 0 unspecified atom stereocenters. The second kappa shape index (κ2) is 5.70. The molecule has 0 atom stereocenters. The van der Waals surface area contributed by atoms with Crippen LogP contribution in [0.1, 0.15) is 26.3 Å². The molecule has 1 N–H and O–H groups in total. The zero-order chi connectivity index (χ0) is 12.1. The zero-order valence-corrected chi connectivity index (χ0v) is 9.79. The lowest BCUT2D eigenvalue weighted by Gasteiger charge is -2.17. The van der Waals surface area contributed by atoms with Gasteiger partial charge in [-0.05, 0) is 26.8 Å². The lowest BCUT2D eigenvalue weighted by Crippen LogP contribution is -2.09. The van der Waals surface area contributed by atoms with Gasteiger partial charge in [0.15, 0.2) is 11.5 Å². The molecule has 1 aromatic carbocycles. The maximum absolute atomic E-state index is 13.2. The van der Waals surface area contributed by atoms with E-state index in [1.807, 2.05) is 20.8 Å². The first-order valence-electron chi connectivity index (χ1n) is 5.31. The molecule has 0 heterocycles. The van der Waals surface area contributed by atoms with Crippen molar-refractivity contribution in [2.45, 2.75) is 33.5 Å². The third-order valence-corrected chi connectivity index (χ3v) is 1.92. The van der Waals surface area contributed by atoms with Gasteiger partial charge < -0.3 is 14.6 Å². The standard InChI is InChI=1S/C12H17FO3/c1-4-15-12-9(7-14)5-10(13)6-11(12)16-8(2)3/h5-6,8,14H,4,7H2,1-3H3. The summed E-state index contributed by atoms with van der Waals surface area (Å²) >= 11 is 0. The number of hydrogen-bond acceptors (Lipinski definition) is 3. The Morgan fingerprint density at radius 3 is 2.56 bits per heavy atom. The molecule has 90 valence electrons. The van der Waals surface area contributed by atoms with Crippen LogP contribution in [0.3, 0.4) is 0 Å². The van der Waals surface area contributed by atoms with Gasteiger partial charge in [0.1, 0.15) is 5.82 Å². The van der Waals surface area contributed by atoms with Crippen LogP contribution < -0.4 is 9.47 Å². The first-order valence-corrected chi connectivity index (χ1v) is 5.31. The van der Waals surface area contributed by atoms with Gasteiger partial charge in [-0.2, -0.15) is 0 Å². The fourth-order valence-electron chi connectivity index (χ4n) is 1.39. The summed E-state index contributed by atoms with van der Waals surface area (Å²) in [7, 11) is 0. The van der Waals surface area contributed by atoms with Crippen LogP contribution in [-0.4, -0.2) is 17.8 Å². The highest BCUT2D eigenvalue weighted by Gasteiger charge is 2.14. The van der Waals surface area contributed by atoms with Gasteiger partial charge >= 0.3 is 0 Å². The predicted molar refractivity (Wildman–Crippen MR) is 59.3 cm³/mol. The SMILES string of the molecule is CCOc1c(CO)cc(F)cc1OC(C)C. The molecule has 4 heteroatoms. The zero-order valence-electron chi connectivity index (χ0n) is 9.79. The molecule has 0 spiro atoms. The molecular formula is C12H17FO3. The van der Waals surface area contributed by atoms with E-state index in [-0.39, 0.29) is 12.7 Å². The minimum atomic E-state index is -0.442. The minimum absolute atomic E-state index is 0.0763. The number of hydrogen-bond donors (Lipinski definition) is 1. The Morgan fingerprint density at radius 1 is 1.38 bits per heavy atom. The molecule has 0 bridgehead atoms. The second-order valence-electron chi connectivity index (χ2n) is 3.65. The van der Waals surface area contributed by atoms with Gasteiger partial charge in [-0.25, -0.2) is 4.39 Å². The van der Waals surface area contributed by atoms with Crippen molar-refractivity contribution < 1.29 is 19.0 Å². The second-order valence-corrected chi connectivity index (χ2v) is 3.65. The summed E-state index contributed by atoms with van der Waals surface area (Å²) < 4.78 is 24.0. The Bertz CT molecular complexity index is 350. The average molecular weight is 228 g/mol. The number of ether oxygens (including phenoxy) is 2. The smallest absolute Gasteiger partial charge is 0.166 e. The summed E-state index contributed by atoms with van der Waals surface area (Å²) in [4.78, 5) is 0. The Kier molecular flexibility index (Phi) is 4.55. The fraction of sp³-hybridized carbons (Fsp3) is 0.500. The fourth-order valence-corrected chi connectivity index (χ4v) is 1.39. The number of aliphatic hydroxyl groups excluding tert-OH is 1. The molecule has 0 saturated heterocycles. The Morgan fingerprint density at radius 2 is 2.06 bits per heavy atom. The summed E-state index contributed by atoms with van der Waals surface area (Å²) in [5, 5.41) is 9.13. The molecule has 0 fully saturated rings. The van der Waals surface area contributed by atoms with Crippen LogP contribution in [0.15, 0.2) is 12.1 Å². The highest BCUT2D eigenvalue weighted by Crippen LogP contribution is 2.33. The van der Waals surface area contributed by atoms with Crippen LogP contribution in [0.5, 0.6) is 11.5 Å². The summed E-state index contributed by atoms with van der Waals surface area (Å²) in [6.45, 7) is 5.68. The molecule has 0 aromatic heterocycles. The molecule has 0 saturated carbocycles. The maximum atomic E-state index is 13.2. The Hall–Kier alpha value is -1.29. The maximum Gasteiger partial charge on any atom is 0.166 e. The number of aliphatic hydroxyl groups is 1.